The Hall–Kier alpha value is -2.64. The Morgan fingerprint density at radius 2 is 2.05 bits per heavy atom. The predicted molar refractivity (Wildman–Crippen MR) is 64.0 cm³/mol. The van der Waals surface area contributed by atoms with E-state index in [1.54, 1.807) is 0 Å². The normalized spacial score (nSPS) is 20.9. The molecule has 4 N–H and O–H groups in total. The Kier molecular flexibility index (Phi) is 4.81. The molecule has 8 heteroatoms. The zero-order valence-corrected chi connectivity index (χ0v) is 9.74. The standard InChI is InChI=1S/C11H12N2O6/c14-9(15)5-12-2-1-6-3-7(10(16)17)13-8(4-6)11(18)19/h1-3,8,13H,4-5H2,(H,14,15)(H,16,17)(H,18,19)/b6-1-,12-2+/t8-/m0/s1. The molecule has 0 amide bonds. The van der Waals surface area contributed by atoms with Gasteiger partial charge in [0.05, 0.1) is 0 Å². The third-order valence-corrected chi connectivity index (χ3v) is 2.25. The molecule has 0 aliphatic carbocycles. The van der Waals surface area contributed by atoms with E-state index in [0.717, 1.165) is 0 Å². The fraction of sp³-hybridized carbons (Fsp3) is 0.273. The number of rotatable bonds is 5. The molecule has 0 unspecified atom stereocenters. The summed E-state index contributed by atoms with van der Waals surface area (Å²) in [6.07, 6.45) is 3.98. The number of hydrogen-bond acceptors (Lipinski definition) is 5. The summed E-state index contributed by atoms with van der Waals surface area (Å²) in [7, 11) is 0. The van der Waals surface area contributed by atoms with Crippen LogP contribution < -0.4 is 5.32 Å². The quantitative estimate of drug-likeness (QED) is 0.492. The molecule has 0 radical (unpaired) electrons. The third kappa shape index (κ3) is 4.62. The lowest BCUT2D eigenvalue weighted by Gasteiger charge is -2.21. The van der Waals surface area contributed by atoms with Crippen molar-refractivity contribution in [3.63, 3.8) is 0 Å². The summed E-state index contributed by atoms with van der Waals surface area (Å²) in [6, 6.07) is -1.03. The average molecular weight is 268 g/mol. The summed E-state index contributed by atoms with van der Waals surface area (Å²) >= 11 is 0. The van der Waals surface area contributed by atoms with Crippen LogP contribution in [0.1, 0.15) is 6.42 Å². The van der Waals surface area contributed by atoms with Gasteiger partial charge in [0, 0.05) is 12.6 Å². The number of nitrogens with zero attached hydrogens (tertiary/aromatic N) is 1. The molecular weight excluding hydrogens is 256 g/mol. The second kappa shape index (κ2) is 6.34. The topological polar surface area (TPSA) is 136 Å². The highest BCUT2D eigenvalue weighted by molar-refractivity contribution is 5.89. The van der Waals surface area contributed by atoms with E-state index in [-0.39, 0.29) is 12.1 Å². The van der Waals surface area contributed by atoms with E-state index in [1.807, 2.05) is 0 Å². The first-order valence-corrected chi connectivity index (χ1v) is 5.25. The summed E-state index contributed by atoms with van der Waals surface area (Å²) in [5.41, 5.74) is 0.217. The minimum absolute atomic E-state index is 0.0885. The van der Waals surface area contributed by atoms with E-state index in [1.165, 1.54) is 18.4 Å². The Labute approximate surface area is 107 Å². The van der Waals surface area contributed by atoms with Gasteiger partial charge in [-0.1, -0.05) is 0 Å². The summed E-state index contributed by atoms with van der Waals surface area (Å²) in [5.74, 6) is -3.52. The van der Waals surface area contributed by atoms with Crippen LogP contribution in [-0.4, -0.2) is 52.0 Å². The molecule has 0 aromatic carbocycles. The van der Waals surface area contributed by atoms with Crippen LogP contribution in [0.25, 0.3) is 0 Å². The molecule has 8 nitrogen and oxygen atoms in total. The number of nitrogens with one attached hydrogen (secondary N) is 1. The second-order valence-electron chi connectivity index (χ2n) is 3.73. The van der Waals surface area contributed by atoms with Crippen molar-refractivity contribution in [3.8, 4) is 0 Å². The maximum Gasteiger partial charge on any atom is 0.351 e. The van der Waals surface area contributed by atoms with Crippen LogP contribution in [0.3, 0.4) is 0 Å². The third-order valence-electron chi connectivity index (χ3n) is 2.25. The molecule has 0 fully saturated rings. The van der Waals surface area contributed by atoms with Crippen LogP contribution in [0.15, 0.2) is 28.4 Å². The Morgan fingerprint density at radius 1 is 1.37 bits per heavy atom. The zero-order valence-electron chi connectivity index (χ0n) is 9.74. The summed E-state index contributed by atoms with van der Waals surface area (Å²) in [6.45, 7) is -0.403. The van der Waals surface area contributed by atoms with Crippen molar-refractivity contribution in [2.45, 2.75) is 12.5 Å². The van der Waals surface area contributed by atoms with Crippen molar-refractivity contribution >= 4 is 24.1 Å². The maximum atomic E-state index is 10.9. The van der Waals surface area contributed by atoms with Crippen LogP contribution in [0.5, 0.6) is 0 Å². The molecular formula is C11H12N2O6. The first-order valence-electron chi connectivity index (χ1n) is 5.25. The average Bonchev–Trinajstić information content (AvgIpc) is 2.34. The summed E-state index contributed by atoms with van der Waals surface area (Å²) < 4.78 is 0. The van der Waals surface area contributed by atoms with Gasteiger partial charge in [0.1, 0.15) is 18.3 Å². The number of carboxylic acid groups (broad SMARTS) is 3. The molecule has 1 aliphatic heterocycles. The fourth-order valence-electron chi connectivity index (χ4n) is 1.43. The van der Waals surface area contributed by atoms with E-state index in [9.17, 15) is 14.4 Å². The molecule has 19 heavy (non-hydrogen) atoms. The molecule has 1 aliphatic rings. The molecule has 0 saturated heterocycles. The molecule has 0 aromatic rings. The van der Waals surface area contributed by atoms with Crippen molar-refractivity contribution in [1.82, 2.24) is 5.32 Å². The Morgan fingerprint density at radius 3 is 2.58 bits per heavy atom. The molecule has 0 saturated carbocycles. The Bertz CT molecular complexity index is 491. The molecule has 1 atom stereocenters. The van der Waals surface area contributed by atoms with Gasteiger partial charge >= 0.3 is 17.9 Å². The largest absolute Gasteiger partial charge is 0.480 e. The van der Waals surface area contributed by atoms with Gasteiger partial charge in [-0.2, -0.15) is 0 Å². The van der Waals surface area contributed by atoms with Gasteiger partial charge in [-0.3, -0.25) is 9.79 Å². The van der Waals surface area contributed by atoms with E-state index >= 15 is 0 Å². The van der Waals surface area contributed by atoms with Gasteiger partial charge < -0.3 is 20.6 Å². The lowest BCUT2D eigenvalue weighted by molar-refractivity contribution is -0.139. The molecule has 1 heterocycles. The van der Waals surface area contributed by atoms with Crippen molar-refractivity contribution in [1.29, 1.82) is 0 Å². The van der Waals surface area contributed by atoms with Crippen LogP contribution in [0, 0.1) is 0 Å². The van der Waals surface area contributed by atoms with Gasteiger partial charge in [0.25, 0.3) is 0 Å². The van der Waals surface area contributed by atoms with Gasteiger partial charge in [-0.05, 0) is 17.7 Å². The smallest absolute Gasteiger partial charge is 0.351 e. The van der Waals surface area contributed by atoms with E-state index in [2.05, 4.69) is 10.3 Å². The highest BCUT2D eigenvalue weighted by Gasteiger charge is 2.26. The van der Waals surface area contributed by atoms with E-state index in [0.29, 0.717) is 5.57 Å². The van der Waals surface area contributed by atoms with Crippen molar-refractivity contribution in [3.05, 3.63) is 23.4 Å². The van der Waals surface area contributed by atoms with Crippen molar-refractivity contribution < 1.29 is 29.7 Å². The zero-order chi connectivity index (χ0) is 14.4. The first-order chi connectivity index (χ1) is 8.90. The summed E-state index contributed by atoms with van der Waals surface area (Å²) in [5, 5.41) is 28.5. The maximum absolute atomic E-state index is 10.9. The fourth-order valence-corrected chi connectivity index (χ4v) is 1.43. The SMILES string of the molecule is O=C(O)C/N=C/C=C1/C=C(C(=O)O)N[C@H](C(=O)O)C1. The number of aliphatic carboxylic acids is 3. The number of hydrogen-bond donors (Lipinski definition) is 4. The minimum atomic E-state index is -1.26. The predicted octanol–water partition coefficient (Wildman–Crippen LogP) is -0.517. The number of carbonyl (C=O) groups is 3. The molecule has 0 aromatic heterocycles. The van der Waals surface area contributed by atoms with Crippen LogP contribution >= 0.6 is 0 Å². The lowest BCUT2D eigenvalue weighted by Crippen LogP contribution is -2.41. The van der Waals surface area contributed by atoms with Gasteiger partial charge in [0.15, 0.2) is 0 Å². The van der Waals surface area contributed by atoms with Gasteiger partial charge in [0.2, 0.25) is 0 Å². The lowest BCUT2D eigenvalue weighted by atomic mass is 10.00. The van der Waals surface area contributed by atoms with Crippen molar-refractivity contribution in [2.75, 3.05) is 6.54 Å². The number of allylic oxidation sites excluding steroid dienone is 2. The van der Waals surface area contributed by atoms with Crippen molar-refractivity contribution in [2.24, 2.45) is 4.99 Å². The first kappa shape index (κ1) is 14.4. The van der Waals surface area contributed by atoms with Crippen LogP contribution in [0.2, 0.25) is 0 Å². The van der Waals surface area contributed by atoms with Crippen LogP contribution in [0.4, 0.5) is 0 Å². The molecule has 0 spiro atoms. The minimum Gasteiger partial charge on any atom is -0.480 e. The highest BCUT2D eigenvalue weighted by atomic mass is 16.4. The van der Waals surface area contributed by atoms with Gasteiger partial charge in [-0.15, -0.1) is 0 Å². The van der Waals surface area contributed by atoms with Gasteiger partial charge in [-0.25, -0.2) is 9.59 Å². The molecule has 1 rings (SSSR count). The van der Waals surface area contributed by atoms with E-state index < -0.39 is 30.5 Å². The Balaban J connectivity index is 2.86. The second-order valence-corrected chi connectivity index (χ2v) is 3.73. The number of aliphatic imine (C=N–C) groups is 1. The molecule has 0 bridgehead atoms. The summed E-state index contributed by atoms with van der Waals surface area (Å²) in [4.78, 5) is 35.5. The van der Waals surface area contributed by atoms with Crippen LogP contribution in [-0.2, 0) is 14.4 Å². The number of carboxylic acids is 3. The highest BCUT2D eigenvalue weighted by Crippen LogP contribution is 2.16. The monoisotopic (exact) mass is 268 g/mol. The molecule has 102 valence electrons. The van der Waals surface area contributed by atoms with E-state index in [4.69, 9.17) is 15.3 Å².